The maximum absolute atomic E-state index is 12.8. The van der Waals surface area contributed by atoms with Crippen molar-refractivity contribution in [2.75, 3.05) is 19.7 Å². The van der Waals surface area contributed by atoms with Gasteiger partial charge in [0.05, 0.1) is 12.5 Å². The van der Waals surface area contributed by atoms with E-state index in [1.165, 1.54) is 12.1 Å². The van der Waals surface area contributed by atoms with Crippen LogP contribution in [0.2, 0.25) is 0 Å². The summed E-state index contributed by atoms with van der Waals surface area (Å²) in [5, 5.41) is 3.99. The molecule has 2 heterocycles. The summed E-state index contributed by atoms with van der Waals surface area (Å²) in [6.07, 6.45) is 3.43. The molecule has 2 aliphatic rings. The lowest BCUT2D eigenvalue weighted by Gasteiger charge is -2.14. The van der Waals surface area contributed by atoms with Gasteiger partial charge in [-0.3, -0.25) is 4.79 Å². The first kappa shape index (κ1) is 16.1. The molecule has 2 aromatic rings. The molecule has 1 unspecified atom stereocenters. The van der Waals surface area contributed by atoms with Crippen LogP contribution in [0.25, 0.3) is 0 Å². The standard InChI is InChI=1S/C18H20FN3O3/c19-14-3-5-15(6-4-14)24-10-8-16-20-17(25-21-16)13-7-9-22(11-13)18(23)12-1-2-12/h3-6,12-13H,1-2,7-11H2. The van der Waals surface area contributed by atoms with Crippen LogP contribution in [-0.4, -0.2) is 40.6 Å². The van der Waals surface area contributed by atoms with E-state index in [4.69, 9.17) is 9.26 Å². The van der Waals surface area contributed by atoms with Gasteiger partial charge in [-0.05, 0) is 43.5 Å². The molecule has 1 amide bonds. The SMILES string of the molecule is O=C(C1CC1)N1CCC(c2nc(CCOc3ccc(F)cc3)no2)C1. The first-order chi connectivity index (χ1) is 12.2. The van der Waals surface area contributed by atoms with Crippen molar-refractivity contribution in [3.8, 4) is 5.75 Å². The predicted molar refractivity (Wildman–Crippen MR) is 86.6 cm³/mol. The molecule has 0 radical (unpaired) electrons. The summed E-state index contributed by atoms with van der Waals surface area (Å²) in [5.41, 5.74) is 0. The Bertz CT molecular complexity index is 742. The minimum atomic E-state index is -0.291. The third-order valence-electron chi connectivity index (χ3n) is 4.67. The fraction of sp³-hybridized carbons (Fsp3) is 0.500. The molecule has 1 atom stereocenters. The maximum Gasteiger partial charge on any atom is 0.231 e. The van der Waals surface area contributed by atoms with E-state index in [-0.39, 0.29) is 23.6 Å². The summed E-state index contributed by atoms with van der Waals surface area (Å²) in [4.78, 5) is 18.5. The predicted octanol–water partition coefficient (Wildman–Crippen LogP) is 2.56. The molecule has 1 aromatic heterocycles. The van der Waals surface area contributed by atoms with Crippen molar-refractivity contribution < 1.29 is 18.4 Å². The van der Waals surface area contributed by atoms with Gasteiger partial charge in [0, 0.05) is 25.4 Å². The number of amides is 1. The largest absolute Gasteiger partial charge is 0.493 e. The van der Waals surface area contributed by atoms with Crippen molar-refractivity contribution in [3.63, 3.8) is 0 Å². The maximum atomic E-state index is 12.8. The van der Waals surface area contributed by atoms with Crippen LogP contribution in [0.4, 0.5) is 4.39 Å². The van der Waals surface area contributed by atoms with Gasteiger partial charge in [0.15, 0.2) is 5.82 Å². The highest BCUT2D eigenvalue weighted by atomic mass is 19.1. The third kappa shape index (κ3) is 3.81. The van der Waals surface area contributed by atoms with Gasteiger partial charge >= 0.3 is 0 Å². The average Bonchev–Trinajstić information content (AvgIpc) is 3.16. The van der Waals surface area contributed by atoms with Crippen molar-refractivity contribution in [1.29, 1.82) is 0 Å². The van der Waals surface area contributed by atoms with E-state index in [1.807, 2.05) is 4.90 Å². The van der Waals surface area contributed by atoms with Gasteiger partial charge in [0.25, 0.3) is 0 Å². The van der Waals surface area contributed by atoms with Crippen LogP contribution in [0, 0.1) is 11.7 Å². The van der Waals surface area contributed by atoms with E-state index in [2.05, 4.69) is 10.1 Å². The lowest BCUT2D eigenvalue weighted by molar-refractivity contribution is -0.131. The van der Waals surface area contributed by atoms with Gasteiger partial charge < -0.3 is 14.2 Å². The Morgan fingerprint density at radius 1 is 1.28 bits per heavy atom. The van der Waals surface area contributed by atoms with Crippen LogP contribution in [0.3, 0.4) is 0 Å². The highest BCUT2D eigenvalue weighted by molar-refractivity contribution is 5.81. The van der Waals surface area contributed by atoms with Crippen molar-refractivity contribution in [2.24, 2.45) is 5.92 Å². The van der Waals surface area contributed by atoms with Crippen LogP contribution in [0.5, 0.6) is 5.75 Å². The minimum absolute atomic E-state index is 0.127. The number of halogens is 1. The van der Waals surface area contributed by atoms with Gasteiger partial charge in [0.2, 0.25) is 11.8 Å². The van der Waals surface area contributed by atoms with Gasteiger partial charge in [0.1, 0.15) is 11.6 Å². The Morgan fingerprint density at radius 3 is 2.84 bits per heavy atom. The molecule has 2 fully saturated rings. The molecule has 0 N–H and O–H groups in total. The molecule has 1 aromatic carbocycles. The molecule has 1 aliphatic heterocycles. The van der Waals surface area contributed by atoms with Crippen molar-refractivity contribution in [3.05, 3.63) is 41.8 Å². The van der Waals surface area contributed by atoms with Crippen LogP contribution in [0.15, 0.2) is 28.8 Å². The average molecular weight is 345 g/mol. The Hall–Kier alpha value is -2.44. The molecule has 0 spiro atoms. The molecule has 1 saturated carbocycles. The molecular formula is C18H20FN3O3. The number of benzene rings is 1. The first-order valence-corrected chi connectivity index (χ1v) is 8.68. The van der Waals surface area contributed by atoms with Gasteiger partial charge in [-0.2, -0.15) is 4.98 Å². The second-order valence-electron chi connectivity index (χ2n) is 6.65. The fourth-order valence-electron chi connectivity index (χ4n) is 3.08. The molecule has 6 nitrogen and oxygen atoms in total. The number of hydrogen-bond acceptors (Lipinski definition) is 5. The van der Waals surface area contributed by atoms with Gasteiger partial charge in [-0.1, -0.05) is 5.16 Å². The van der Waals surface area contributed by atoms with Crippen molar-refractivity contribution in [2.45, 2.75) is 31.6 Å². The lowest BCUT2D eigenvalue weighted by atomic mass is 10.1. The minimum Gasteiger partial charge on any atom is -0.493 e. The molecule has 4 rings (SSSR count). The highest BCUT2D eigenvalue weighted by Crippen LogP contribution is 2.34. The lowest BCUT2D eigenvalue weighted by Crippen LogP contribution is -2.29. The summed E-state index contributed by atoms with van der Waals surface area (Å²) in [6.45, 7) is 1.83. The number of carbonyl (C=O) groups is 1. The normalized spacial score (nSPS) is 20.0. The van der Waals surface area contributed by atoms with E-state index in [1.54, 1.807) is 12.1 Å². The molecule has 25 heavy (non-hydrogen) atoms. The summed E-state index contributed by atoms with van der Waals surface area (Å²) in [7, 11) is 0. The Morgan fingerprint density at radius 2 is 2.08 bits per heavy atom. The van der Waals surface area contributed by atoms with Gasteiger partial charge in [-0.25, -0.2) is 4.39 Å². The quantitative estimate of drug-likeness (QED) is 0.805. The second kappa shape index (κ2) is 6.82. The van der Waals surface area contributed by atoms with Crippen molar-refractivity contribution in [1.82, 2.24) is 15.0 Å². The Kier molecular flexibility index (Phi) is 4.38. The van der Waals surface area contributed by atoms with Gasteiger partial charge in [-0.15, -0.1) is 0 Å². The zero-order valence-electron chi connectivity index (χ0n) is 13.9. The zero-order valence-corrected chi connectivity index (χ0v) is 13.9. The number of aromatic nitrogens is 2. The number of carbonyl (C=O) groups excluding carboxylic acids is 1. The number of ether oxygens (including phenoxy) is 1. The van der Waals surface area contributed by atoms with E-state index >= 15 is 0 Å². The second-order valence-corrected chi connectivity index (χ2v) is 6.65. The summed E-state index contributed by atoms with van der Waals surface area (Å²) < 4.78 is 23.7. The van der Waals surface area contributed by atoms with Crippen LogP contribution in [0.1, 0.15) is 36.9 Å². The molecule has 1 aliphatic carbocycles. The molecule has 0 bridgehead atoms. The molecule has 7 heteroatoms. The number of nitrogens with zero attached hydrogens (tertiary/aromatic N) is 3. The summed E-state index contributed by atoms with van der Waals surface area (Å²) in [6, 6.07) is 5.88. The number of likely N-dealkylation sites (tertiary alicyclic amines) is 1. The van der Waals surface area contributed by atoms with Crippen LogP contribution < -0.4 is 4.74 Å². The zero-order chi connectivity index (χ0) is 17.2. The summed E-state index contributed by atoms with van der Waals surface area (Å²) in [5.74, 6) is 2.15. The Balaban J connectivity index is 1.27. The molecule has 132 valence electrons. The number of rotatable bonds is 6. The highest BCUT2D eigenvalue weighted by Gasteiger charge is 2.38. The van der Waals surface area contributed by atoms with E-state index in [0.717, 1.165) is 25.8 Å². The first-order valence-electron chi connectivity index (χ1n) is 8.68. The van der Waals surface area contributed by atoms with Crippen LogP contribution >= 0.6 is 0 Å². The number of hydrogen-bond donors (Lipinski definition) is 0. The third-order valence-corrected chi connectivity index (χ3v) is 4.67. The molecule has 1 saturated heterocycles. The topological polar surface area (TPSA) is 68.5 Å². The monoisotopic (exact) mass is 345 g/mol. The van der Waals surface area contributed by atoms with Crippen LogP contribution in [-0.2, 0) is 11.2 Å². The Labute approximate surface area is 145 Å². The smallest absolute Gasteiger partial charge is 0.231 e. The van der Waals surface area contributed by atoms with E-state index in [0.29, 0.717) is 37.0 Å². The van der Waals surface area contributed by atoms with E-state index < -0.39 is 0 Å². The van der Waals surface area contributed by atoms with E-state index in [9.17, 15) is 9.18 Å². The molecular weight excluding hydrogens is 325 g/mol. The van der Waals surface area contributed by atoms with Crippen molar-refractivity contribution >= 4 is 5.91 Å². The summed E-state index contributed by atoms with van der Waals surface area (Å²) >= 11 is 0. The fourth-order valence-corrected chi connectivity index (χ4v) is 3.08.